The lowest BCUT2D eigenvalue weighted by molar-refractivity contribution is 0.0137. The molecule has 0 amide bonds. The number of rotatable bonds is 8. The van der Waals surface area contributed by atoms with E-state index in [-0.39, 0.29) is 0 Å². The molecular formula is C15H24O3. The van der Waals surface area contributed by atoms with E-state index in [1.54, 1.807) is 7.11 Å². The second-order valence-electron chi connectivity index (χ2n) is 4.82. The summed E-state index contributed by atoms with van der Waals surface area (Å²) in [5, 5.41) is 9.81. The Morgan fingerprint density at radius 1 is 1.11 bits per heavy atom. The molecule has 0 saturated heterocycles. The predicted octanol–water partition coefficient (Wildman–Crippen LogP) is 2.38. The van der Waals surface area contributed by atoms with Crippen molar-refractivity contribution in [3.63, 3.8) is 0 Å². The van der Waals surface area contributed by atoms with Crippen LogP contribution < -0.4 is 0 Å². The Bertz CT molecular complexity index is 319. The van der Waals surface area contributed by atoms with E-state index in [0.717, 1.165) is 5.56 Å². The van der Waals surface area contributed by atoms with E-state index in [9.17, 15) is 5.11 Å². The highest BCUT2D eigenvalue weighted by molar-refractivity contribution is 5.25. The fourth-order valence-corrected chi connectivity index (χ4v) is 1.73. The highest BCUT2D eigenvalue weighted by Crippen LogP contribution is 2.15. The maximum atomic E-state index is 9.81. The number of aliphatic hydroxyl groups is 1. The van der Waals surface area contributed by atoms with Crippen LogP contribution in [0.15, 0.2) is 24.3 Å². The maximum absolute atomic E-state index is 9.81. The van der Waals surface area contributed by atoms with Crippen LogP contribution in [0.25, 0.3) is 0 Å². The monoisotopic (exact) mass is 252 g/mol. The van der Waals surface area contributed by atoms with Gasteiger partial charge in [0.2, 0.25) is 0 Å². The van der Waals surface area contributed by atoms with Gasteiger partial charge in [0.05, 0.1) is 25.9 Å². The minimum Gasteiger partial charge on any atom is -0.390 e. The van der Waals surface area contributed by atoms with Crippen LogP contribution in [0.3, 0.4) is 0 Å². The minimum absolute atomic E-state index is 0.356. The van der Waals surface area contributed by atoms with Gasteiger partial charge in [-0.1, -0.05) is 38.1 Å². The molecule has 3 heteroatoms. The number of aliphatic hydroxyl groups excluding tert-OH is 1. The van der Waals surface area contributed by atoms with Gasteiger partial charge in [-0.3, -0.25) is 0 Å². The predicted molar refractivity (Wildman–Crippen MR) is 72.9 cm³/mol. The van der Waals surface area contributed by atoms with Gasteiger partial charge in [-0.25, -0.2) is 0 Å². The normalized spacial score (nSPS) is 12.9. The van der Waals surface area contributed by atoms with E-state index in [2.05, 4.69) is 38.1 Å². The van der Waals surface area contributed by atoms with Gasteiger partial charge in [0, 0.05) is 13.5 Å². The molecule has 1 rings (SSSR count). The van der Waals surface area contributed by atoms with Crippen molar-refractivity contribution in [3.8, 4) is 0 Å². The smallest absolute Gasteiger partial charge is 0.0813 e. The minimum atomic E-state index is -0.452. The van der Waals surface area contributed by atoms with Gasteiger partial charge in [-0.2, -0.15) is 0 Å². The average molecular weight is 252 g/mol. The van der Waals surface area contributed by atoms with E-state index in [4.69, 9.17) is 9.47 Å². The number of hydrogen-bond donors (Lipinski definition) is 1. The SMILES string of the molecule is COCCOCC(O)Cc1ccc(C(C)C)cc1. The maximum Gasteiger partial charge on any atom is 0.0813 e. The molecule has 0 heterocycles. The molecule has 102 valence electrons. The van der Waals surface area contributed by atoms with Gasteiger partial charge in [-0.15, -0.1) is 0 Å². The zero-order chi connectivity index (χ0) is 13.4. The van der Waals surface area contributed by atoms with Crippen molar-refractivity contribution in [2.24, 2.45) is 0 Å². The fraction of sp³-hybridized carbons (Fsp3) is 0.600. The lowest BCUT2D eigenvalue weighted by Crippen LogP contribution is -2.19. The van der Waals surface area contributed by atoms with Gasteiger partial charge in [0.1, 0.15) is 0 Å². The highest BCUT2D eigenvalue weighted by Gasteiger charge is 2.06. The third-order valence-corrected chi connectivity index (χ3v) is 2.86. The molecule has 1 N–H and O–H groups in total. The van der Waals surface area contributed by atoms with Crippen LogP contribution in [0.4, 0.5) is 0 Å². The van der Waals surface area contributed by atoms with Crippen LogP contribution in [0, 0.1) is 0 Å². The molecule has 0 aliphatic heterocycles. The molecule has 18 heavy (non-hydrogen) atoms. The Morgan fingerprint density at radius 3 is 2.33 bits per heavy atom. The zero-order valence-electron chi connectivity index (χ0n) is 11.6. The molecule has 1 aromatic carbocycles. The first-order chi connectivity index (χ1) is 8.63. The Balaban J connectivity index is 2.32. The molecule has 0 spiro atoms. The van der Waals surface area contributed by atoms with Crippen molar-refractivity contribution in [3.05, 3.63) is 35.4 Å². The Morgan fingerprint density at radius 2 is 1.78 bits per heavy atom. The quantitative estimate of drug-likeness (QED) is 0.722. The Labute approximate surface area is 110 Å². The van der Waals surface area contributed by atoms with E-state index >= 15 is 0 Å². The molecule has 1 atom stereocenters. The highest BCUT2D eigenvalue weighted by atomic mass is 16.5. The summed E-state index contributed by atoms with van der Waals surface area (Å²) in [5.41, 5.74) is 2.46. The first-order valence-corrected chi connectivity index (χ1v) is 6.47. The molecule has 0 aliphatic rings. The van der Waals surface area contributed by atoms with Gasteiger partial charge < -0.3 is 14.6 Å². The summed E-state index contributed by atoms with van der Waals surface area (Å²) in [6.07, 6.45) is 0.178. The van der Waals surface area contributed by atoms with Crippen molar-refractivity contribution >= 4 is 0 Å². The van der Waals surface area contributed by atoms with Crippen LogP contribution in [0.5, 0.6) is 0 Å². The second kappa shape index (κ2) is 8.25. The van der Waals surface area contributed by atoms with Gasteiger partial charge in [0.15, 0.2) is 0 Å². The molecule has 0 aliphatic carbocycles. The number of methoxy groups -OCH3 is 1. The van der Waals surface area contributed by atoms with E-state index < -0.39 is 6.10 Å². The Kier molecular flexibility index (Phi) is 6.94. The number of benzene rings is 1. The summed E-state index contributed by atoms with van der Waals surface area (Å²) in [7, 11) is 1.63. The Hall–Kier alpha value is -0.900. The number of ether oxygens (including phenoxy) is 2. The summed E-state index contributed by atoms with van der Waals surface area (Å²) < 4.78 is 10.2. The standard InChI is InChI=1S/C15H24O3/c1-12(2)14-6-4-13(5-7-14)10-15(16)11-18-9-8-17-3/h4-7,12,15-16H,8-11H2,1-3H3. The first-order valence-electron chi connectivity index (χ1n) is 6.47. The van der Waals surface area contributed by atoms with E-state index in [1.807, 2.05) is 0 Å². The van der Waals surface area contributed by atoms with E-state index in [0.29, 0.717) is 32.2 Å². The van der Waals surface area contributed by atoms with Crippen molar-refractivity contribution in [1.29, 1.82) is 0 Å². The molecular weight excluding hydrogens is 228 g/mol. The van der Waals surface area contributed by atoms with Crippen LogP contribution in [0.1, 0.15) is 30.9 Å². The van der Waals surface area contributed by atoms with Gasteiger partial charge in [-0.05, 0) is 17.0 Å². The lowest BCUT2D eigenvalue weighted by atomic mass is 10.00. The molecule has 0 radical (unpaired) electrons. The summed E-state index contributed by atoms with van der Waals surface area (Å²) in [4.78, 5) is 0. The van der Waals surface area contributed by atoms with Crippen molar-refractivity contribution in [1.82, 2.24) is 0 Å². The van der Waals surface area contributed by atoms with E-state index in [1.165, 1.54) is 5.56 Å². The number of hydrogen-bond acceptors (Lipinski definition) is 3. The van der Waals surface area contributed by atoms with Crippen LogP contribution in [-0.4, -0.2) is 38.1 Å². The first kappa shape index (κ1) is 15.2. The second-order valence-corrected chi connectivity index (χ2v) is 4.82. The summed E-state index contributed by atoms with van der Waals surface area (Å²) in [6, 6.07) is 8.40. The van der Waals surface area contributed by atoms with Crippen LogP contribution >= 0.6 is 0 Å². The molecule has 1 aromatic rings. The summed E-state index contributed by atoms with van der Waals surface area (Å²) in [6.45, 7) is 5.80. The summed E-state index contributed by atoms with van der Waals surface area (Å²) >= 11 is 0. The van der Waals surface area contributed by atoms with Crippen LogP contribution in [-0.2, 0) is 15.9 Å². The molecule has 0 saturated carbocycles. The fourth-order valence-electron chi connectivity index (χ4n) is 1.73. The van der Waals surface area contributed by atoms with Gasteiger partial charge >= 0.3 is 0 Å². The molecule has 3 nitrogen and oxygen atoms in total. The topological polar surface area (TPSA) is 38.7 Å². The zero-order valence-corrected chi connectivity index (χ0v) is 11.6. The van der Waals surface area contributed by atoms with Crippen LogP contribution in [0.2, 0.25) is 0 Å². The van der Waals surface area contributed by atoms with Crippen molar-refractivity contribution < 1.29 is 14.6 Å². The van der Waals surface area contributed by atoms with Gasteiger partial charge in [0.25, 0.3) is 0 Å². The molecule has 1 unspecified atom stereocenters. The molecule has 0 aromatic heterocycles. The third kappa shape index (κ3) is 5.63. The van der Waals surface area contributed by atoms with Crippen molar-refractivity contribution in [2.45, 2.75) is 32.3 Å². The molecule has 0 bridgehead atoms. The van der Waals surface area contributed by atoms with Crippen molar-refractivity contribution in [2.75, 3.05) is 26.9 Å². The lowest BCUT2D eigenvalue weighted by Gasteiger charge is -2.12. The molecule has 0 fully saturated rings. The average Bonchev–Trinajstić information content (AvgIpc) is 2.35. The largest absolute Gasteiger partial charge is 0.390 e. The summed E-state index contributed by atoms with van der Waals surface area (Å²) in [5.74, 6) is 0.543. The third-order valence-electron chi connectivity index (χ3n) is 2.86.